The van der Waals surface area contributed by atoms with E-state index in [2.05, 4.69) is 5.32 Å². The average molecular weight is 802 g/mol. The highest BCUT2D eigenvalue weighted by molar-refractivity contribution is 5.95. The molecule has 3 fully saturated rings. The molecule has 3 aliphatic carbocycles. The smallest absolute Gasteiger partial charge is 0.374 e. The lowest BCUT2D eigenvalue weighted by atomic mass is 9.44. The number of fused-ring (bicyclic) bond motifs is 5. The van der Waals surface area contributed by atoms with E-state index in [4.69, 9.17) is 23.4 Å². The number of furan rings is 1. The molecule has 2 aromatic carbocycles. The summed E-state index contributed by atoms with van der Waals surface area (Å²) in [5, 5.41) is 51.7. The molecule has 2 unspecified atom stereocenters. The standard InChI is InChI=1S/C43H47NO14/c1-22-27(56-39(52)33(48)31(24-13-8-6-9-14-24)44-37(50)25-15-10-7-11-16-25)20-43(53)36(57-38(51)26-17-12-18-54-26)34-41(5,35(49)32(47)30(22)40(43,3)4)28(46)19-29-42(34,21-55-29)58-23(2)45/h6-18,27-29,31-34,36,46-48,53H,19-21H2,1-5H3,(H,44,50)/t27-,28-,29+,31-,32+,33+,34?,36?,41+,42-,43+/m0/s1. The molecule has 2 heterocycles. The number of ketones is 1. The van der Waals surface area contributed by atoms with Gasteiger partial charge in [-0.15, -0.1) is 0 Å². The monoisotopic (exact) mass is 801 g/mol. The Morgan fingerprint density at radius 2 is 1.59 bits per heavy atom. The zero-order chi connectivity index (χ0) is 41.9. The van der Waals surface area contributed by atoms with Crippen LogP contribution >= 0.6 is 0 Å². The van der Waals surface area contributed by atoms with E-state index >= 15 is 0 Å². The molecule has 0 radical (unpaired) electrons. The quantitative estimate of drug-likeness (QED) is 0.119. The molecule has 15 heteroatoms. The van der Waals surface area contributed by atoms with Crippen LogP contribution < -0.4 is 5.32 Å². The second-order valence-electron chi connectivity index (χ2n) is 16.4. The molecule has 1 amide bonds. The van der Waals surface area contributed by atoms with Gasteiger partial charge in [-0.05, 0) is 54.8 Å². The van der Waals surface area contributed by atoms with Crippen LogP contribution in [0.2, 0.25) is 0 Å². The highest BCUT2D eigenvalue weighted by Gasteiger charge is 2.78. The number of amides is 1. The molecule has 1 saturated heterocycles. The summed E-state index contributed by atoms with van der Waals surface area (Å²) in [5.41, 5.74) is -7.09. The molecule has 4 aliphatic rings. The average Bonchev–Trinajstić information content (AvgIpc) is 3.74. The number of hydrogen-bond acceptors (Lipinski definition) is 14. The summed E-state index contributed by atoms with van der Waals surface area (Å²) >= 11 is 0. The van der Waals surface area contributed by atoms with E-state index in [0.717, 1.165) is 6.92 Å². The number of nitrogens with one attached hydrogen (secondary N) is 1. The van der Waals surface area contributed by atoms with Gasteiger partial charge in [0.25, 0.3) is 5.91 Å². The molecule has 0 spiro atoms. The summed E-state index contributed by atoms with van der Waals surface area (Å²) in [6, 6.07) is 17.9. The number of aliphatic hydroxyl groups excluding tert-OH is 3. The van der Waals surface area contributed by atoms with Crippen molar-refractivity contribution in [3.63, 3.8) is 0 Å². The van der Waals surface area contributed by atoms with Crippen molar-refractivity contribution in [2.45, 2.75) is 101 Å². The largest absolute Gasteiger partial charge is 0.457 e. The minimum Gasteiger partial charge on any atom is -0.457 e. The van der Waals surface area contributed by atoms with Crippen molar-refractivity contribution in [1.82, 2.24) is 5.32 Å². The van der Waals surface area contributed by atoms with E-state index in [1.165, 1.54) is 46.1 Å². The van der Waals surface area contributed by atoms with E-state index in [1.54, 1.807) is 60.7 Å². The lowest BCUT2D eigenvalue weighted by Gasteiger charge is -2.67. The summed E-state index contributed by atoms with van der Waals surface area (Å²) in [6.07, 6.45) is -9.40. The van der Waals surface area contributed by atoms with Gasteiger partial charge >= 0.3 is 17.9 Å². The van der Waals surface area contributed by atoms with E-state index in [0.29, 0.717) is 5.56 Å². The lowest BCUT2D eigenvalue weighted by Crippen LogP contribution is -2.81. The molecule has 7 rings (SSSR count). The van der Waals surface area contributed by atoms with Crippen LogP contribution in [0.3, 0.4) is 0 Å². The summed E-state index contributed by atoms with van der Waals surface area (Å²) < 4.78 is 29.3. The molecule has 3 aromatic rings. The third-order valence-electron chi connectivity index (χ3n) is 12.9. The predicted molar refractivity (Wildman–Crippen MR) is 200 cm³/mol. The molecule has 1 aliphatic heterocycles. The van der Waals surface area contributed by atoms with Gasteiger partial charge in [-0.1, -0.05) is 62.4 Å². The van der Waals surface area contributed by atoms with Crippen LogP contribution in [0, 0.1) is 16.7 Å². The fraction of sp³-hybridized carbons (Fsp3) is 0.465. The zero-order valence-electron chi connectivity index (χ0n) is 32.6. The Morgan fingerprint density at radius 1 is 0.931 bits per heavy atom. The number of rotatable bonds is 9. The number of hydrogen-bond donors (Lipinski definition) is 5. The maximum atomic E-state index is 14.9. The first kappa shape index (κ1) is 41.0. The van der Waals surface area contributed by atoms with Crippen LogP contribution in [0.25, 0.3) is 0 Å². The van der Waals surface area contributed by atoms with Gasteiger partial charge in [0.1, 0.15) is 30.0 Å². The van der Waals surface area contributed by atoms with Gasteiger partial charge in [0.05, 0.1) is 36.3 Å². The van der Waals surface area contributed by atoms with Crippen molar-refractivity contribution in [3.05, 3.63) is 107 Å². The van der Waals surface area contributed by atoms with Gasteiger partial charge < -0.3 is 49.1 Å². The van der Waals surface area contributed by atoms with Crippen LogP contribution in [0.15, 0.2) is 94.6 Å². The number of ether oxygens (including phenoxy) is 4. The van der Waals surface area contributed by atoms with Crippen molar-refractivity contribution in [2.75, 3.05) is 6.61 Å². The predicted octanol–water partition coefficient (Wildman–Crippen LogP) is 2.76. The van der Waals surface area contributed by atoms with E-state index in [1.807, 2.05) is 0 Å². The Bertz CT molecular complexity index is 2120. The minimum atomic E-state index is -2.38. The number of carbonyl (C=O) groups is 5. The number of Topliss-reactive ketones (excluding diaryl/α,β-unsaturated/α-hetero) is 1. The van der Waals surface area contributed by atoms with Crippen molar-refractivity contribution in [1.29, 1.82) is 0 Å². The first-order valence-corrected chi connectivity index (χ1v) is 19.1. The Labute approximate surface area is 333 Å². The number of carbonyl (C=O) groups excluding carboxylic acids is 5. The number of esters is 3. The first-order chi connectivity index (χ1) is 27.4. The number of aliphatic hydroxyl groups is 4. The summed E-state index contributed by atoms with van der Waals surface area (Å²) in [4.78, 5) is 69.1. The second-order valence-corrected chi connectivity index (χ2v) is 16.4. The minimum absolute atomic E-state index is 0.0741. The van der Waals surface area contributed by atoms with Gasteiger partial charge in [-0.25, -0.2) is 9.59 Å². The molecule has 2 bridgehead atoms. The zero-order valence-corrected chi connectivity index (χ0v) is 32.6. The third-order valence-corrected chi connectivity index (χ3v) is 12.9. The van der Waals surface area contributed by atoms with Gasteiger partial charge in [0.15, 0.2) is 17.5 Å². The highest BCUT2D eigenvalue weighted by atomic mass is 16.6. The molecule has 11 atom stereocenters. The van der Waals surface area contributed by atoms with Crippen molar-refractivity contribution >= 4 is 29.6 Å². The van der Waals surface area contributed by atoms with Crippen LogP contribution in [-0.4, -0.2) is 104 Å². The van der Waals surface area contributed by atoms with E-state index in [9.17, 15) is 44.4 Å². The van der Waals surface area contributed by atoms with Crippen LogP contribution in [0.5, 0.6) is 0 Å². The van der Waals surface area contributed by atoms with Crippen molar-refractivity contribution in [3.8, 4) is 0 Å². The SMILES string of the molecule is CC(=O)O[C@@]12CO[C@@H]1C[C@H](O)[C@@]1(C)C(=O)[C@H](O)C3=C(C)[C@@H](OC(=O)[C@H](O)[C@@H](NC(=O)c4ccccc4)c4ccccc4)C[C@@](O)(C(OC(=O)c4ccco4)C12)C3(C)C. The summed E-state index contributed by atoms with van der Waals surface area (Å²) in [6.45, 7) is 6.77. The van der Waals surface area contributed by atoms with Crippen LogP contribution in [-0.2, 0) is 33.3 Å². The summed E-state index contributed by atoms with van der Waals surface area (Å²) in [7, 11) is 0. The van der Waals surface area contributed by atoms with E-state index in [-0.39, 0.29) is 35.5 Å². The molecular weight excluding hydrogens is 754 g/mol. The Morgan fingerprint density at radius 3 is 2.17 bits per heavy atom. The van der Waals surface area contributed by atoms with E-state index < -0.39 is 107 Å². The Balaban J connectivity index is 1.34. The molecular formula is C43H47NO14. The normalized spacial score (nSPS) is 33.4. The lowest BCUT2D eigenvalue weighted by molar-refractivity contribution is -0.346. The van der Waals surface area contributed by atoms with Gasteiger partial charge in [-0.3, -0.25) is 14.4 Å². The van der Waals surface area contributed by atoms with Crippen molar-refractivity contribution < 1.29 is 67.8 Å². The third kappa shape index (κ3) is 6.36. The molecule has 58 heavy (non-hydrogen) atoms. The van der Waals surface area contributed by atoms with Gasteiger partial charge in [0.2, 0.25) is 5.76 Å². The highest BCUT2D eigenvalue weighted by Crippen LogP contribution is 2.64. The number of benzene rings is 2. The van der Waals surface area contributed by atoms with Crippen LogP contribution in [0.1, 0.15) is 80.0 Å². The van der Waals surface area contributed by atoms with Gasteiger partial charge in [0, 0.05) is 30.7 Å². The molecule has 308 valence electrons. The fourth-order valence-electron chi connectivity index (χ4n) is 9.75. The Kier molecular flexibility index (Phi) is 10.5. The second kappa shape index (κ2) is 14.9. The van der Waals surface area contributed by atoms with Gasteiger partial charge in [-0.2, -0.15) is 0 Å². The van der Waals surface area contributed by atoms with Crippen molar-refractivity contribution in [2.24, 2.45) is 16.7 Å². The van der Waals surface area contributed by atoms with Crippen LogP contribution in [0.4, 0.5) is 0 Å². The maximum absolute atomic E-state index is 14.9. The molecule has 15 nitrogen and oxygen atoms in total. The first-order valence-electron chi connectivity index (χ1n) is 19.1. The fourth-order valence-corrected chi connectivity index (χ4v) is 9.75. The topological polar surface area (TPSA) is 228 Å². The maximum Gasteiger partial charge on any atom is 0.374 e. The Hall–Kier alpha value is -5.19. The molecule has 1 aromatic heterocycles. The molecule has 5 N–H and O–H groups in total. The summed E-state index contributed by atoms with van der Waals surface area (Å²) in [5.74, 6) is -6.40. The molecule has 2 saturated carbocycles.